The number of ether oxygens (including phenoxy) is 1. The molecule has 0 rings (SSSR count). The van der Waals surface area contributed by atoms with Gasteiger partial charge in [-0.2, -0.15) is 12.6 Å². The second-order valence-electron chi connectivity index (χ2n) is 2.35. The Morgan fingerprint density at radius 1 is 1.60 bits per heavy atom. The lowest BCUT2D eigenvalue weighted by Crippen LogP contribution is -2.35. The molecule has 0 N–H and O–H groups in total. The van der Waals surface area contributed by atoms with Crippen molar-refractivity contribution in [2.75, 3.05) is 26.1 Å². The molecule has 2 nitrogen and oxygen atoms in total. The van der Waals surface area contributed by atoms with Gasteiger partial charge in [0.2, 0.25) is 0 Å². The van der Waals surface area contributed by atoms with Gasteiger partial charge in [0.15, 0.2) is 0 Å². The minimum atomic E-state index is 0.479. The minimum absolute atomic E-state index is 0.479. The number of hydrogen-bond acceptors (Lipinski definition) is 3. The van der Waals surface area contributed by atoms with E-state index >= 15 is 0 Å². The average molecular weight is 163 g/mol. The van der Waals surface area contributed by atoms with Crippen molar-refractivity contribution in [3.63, 3.8) is 0 Å². The van der Waals surface area contributed by atoms with Crippen LogP contribution < -0.4 is 0 Å². The van der Waals surface area contributed by atoms with Crippen LogP contribution in [0.15, 0.2) is 0 Å². The Morgan fingerprint density at radius 2 is 2.20 bits per heavy atom. The van der Waals surface area contributed by atoms with Crippen LogP contribution in [0.3, 0.4) is 0 Å². The van der Waals surface area contributed by atoms with Gasteiger partial charge in [-0.1, -0.05) is 6.92 Å². The highest BCUT2D eigenvalue weighted by atomic mass is 32.1. The third kappa shape index (κ3) is 3.44. The Labute approximate surface area is 69.0 Å². The van der Waals surface area contributed by atoms with Gasteiger partial charge >= 0.3 is 0 Å². The molecule has 3 heteroatoms. The van der Waals surface area contributed by atoms with E-state index in [-0.39, 0.29) is 0 Å². The zero-order valence-corrected chi connectivity index (χ0v) is 7.90. The predicted molar refractivity (Wildman–Crippen MR) is 47.6 cm³/mol. The van der Waals surface area contributed by atoms with E-state index in [1.807, 2.05) is 0 Å². The van der Waals surface area contributed by atoms with Gasteiger partial charge in [0.1, 0.15) is 0 Å². The van der Waals surface area contributed by atoms with Crippen molar-refractivity contribution in [2.24, 2.45) is 0 Å². The first kappa shape index (κ1) is 10.3. The van der Waals surface area contributed by atoms with E-state index in [2.05, 4.69) is 31.4 Å². The number of hydrogen-bond donors (Lipinski definition) is 1. The van der Waals surface area contributed by atoms with Crippen LogP contribution in [0.25, 0.3) is 0 Å². The molecule has 0 bridgehead atoms. The summed E-state index contributed by atoms with van der Waals surface area (Å²) in [6.45, 7) is 6.09. The van der Waals surface area contributed by atoms with Gasteiger partial charge in [0.05, 0.1) is 6.61 Å². The first-order chi connectivity index (χ1) is 4.76. The molecule has 0 aliphatic carbocycles. The smallest absolute Gasteiger partial charge is 0.0615 e. The van der Waals surface area contributed by atoms with Crippen molar-refractivity contribution in [3.05, 3.63) is 0 Å². The van der Waals surface area contributed by atoms with Crippen LogP contribution in [-0.4, -0.2) is 37.1 Å². The molecular weight excluding hydrogens is 146 g/mol. The van der Waals surface area contributed by atoms with Crippen molar-refractivity contribution in [1.29, 1.82) is 0 Å². The number of likely N-dealkylation sites (N-methyl/N-ethyl adjacent to an activating group) is 1. The van der Waals surface area contributed by atoms with Gasteiger partial charge in [0.25, 0.3) is 0 Å². The van der Waals surface area contributed by atoms with E-state index in [0.717, 1.165) is 19.0 Å². The van der Waals surface area contributed by atoms with Gasteiger partial charge in [-0.15, -0.1) is 0 Å². The van der Waals surface area contributed by atoms with E-state index in [1.54, 1.807) is 7.11 Å². The highest BCUT2D eigenvalue weighted by Crippen LogP contribution is 1.99. The number of thiol groups is 1. The maximum absolute atomic E-state index is 5.01. The summed E-state index contributed by atoms with van der Waals surface area (Å²) in [7, 11) is 1.73. The molecule has 0 amide bonds. The fourth-order valence-electron chi connectivity index (χ4n) is 0.898. The summed E-state index contributed by atoms with van der Waals surface area (Å²) in [5.41, 5.74) is 0. The molecule has 1 unspecified atom stereocenters. The zero-order valence-electron chi connectivity index (χ0n) is 7.00. The summed E-state index contributed by atoms with van der Waals surface area (Å²) < 4.78 is 5.01. The zero-order chi connectivity index (χ0) is 7.98. The van der Waals surface area contributed by atoms with Crippen LogP contribution in [0.4, 0.5) is 0 Å². The van der Waals surface area contributed by atoms with Gasteiger partial charge in [-0.25, -0.2) is 0 Å². The van der Waals surface area contributed by atoms with Crippen molar-refractivity contribution in [3.8, 4) is 0 Å². The topological polar surface area (TPSA) is 12.5 Å². The normalized spacial score (nSPS) is 14.1. The Morgan fingerprint density at radius 3 is 2.50 bits per heavy atom. The van der Waals surface area contributed by atoms with Crippen LogP contribution in [0.2, 0.25) is 0 Å². The first-order valence-electron chi connectivity index (χ1n) is 3.60. The predicted octanol–water partition coefficient (Wildman–Crippen LogP) is 1.23. The van der Waals surface area contributed by atoms with E-state index < -0.39 is 0 Å². The monoisotopic (exact) mass is 163 g/mol. The molecule has 0 aliphatic heterocycles. The van der Waals surface area contributed by atoms with Crippen molar-refractivity contribution < 1.29 is 4.74 Å². The Bertz CT molecular complexity index is 76.0. The standard InChI is InChI=1S/C7H17NOS/c1-4-8(6-10)7(2)5-9-3/h7,10H,4-6H2,1-3H3. The molecule has 0 aromatic rings. The fourth-order valence-corrected chi connectivity index (χ4v) is 1.38. The molecule has 62 valence electrons. The lowest BCUT2D eigenvalue weighted by atomic mass is 10.3. The maximum Gasteiger partial charge on any atom is 0.0615 e. The van der Waals surface area contributed by atoms with Crippen LogP contribution in [0.5, 0.6) is 0 Å². The summed E-state index contributed by atoms with van der Waals surface area (Å²) in [4.78, 5) is 2.24. The molecule has 10 heavy (non-hydrogen) atoms. The average Bonchev–Trinajstić information content (AvgIpc) is 1.91. The summed E-state index contributed by atoms with van der Waals surface area (Å²) in [5, 5.41) is 0. The van der Waals surface area contributed by atoms with Crippen molar-refractivity contribution >= 4 is 12.6 Å². The van der Waals surface area contributed by atoms with Crippen LogP contribution >= 0.6 is 12.6 Å². The molecule has 0 fully saturated rings. The molecule has 0 saturated heterocycles. The number of nitrogens with zero attached hydrogens (tertiary/aromatic N) is 1. The van der Waals surface area contributed by atoms with Gasteiger partial charge in [-0.3, -0.25) is 4.90 Å². The minimum Gasteiger partial charge on any atom is -0.383 e. The Balaban J connectivity index is 3.53. The van der Waals surface area contributed by atoms with Crippen molar-refractivity contribution in [2.45, 2.75) is 19.9 Å². The second kappa shape index (κ2) is 6.01. The Kier molecular flexibility index (Phi) is 6.17. The highest BCUT2D eigenvalue weighted by molar-refractivity contribution is 7.80. The first-order valence-corrected chi connectivity index (χ1v) is 4.23. The van der Waals surface area contributed by atoms with E-state index in [4.69, 9.17) is 4.74 Å². The lowest BCUT2D eigenvalue weighted by molar-refractivity contribution is 0.115. The number of methoxy groups -OCH3 is 1. The van der Waals surface area contributed by atoms with Crippen LogP contribution in [0.1, 0.15) is 13.8 Å². The van der Waals surface area contributed by atoms with Crippen molar-refractivity contribution in [1.82, 2.24) is 4.90 Å². The molecular formula is C7H17NOS. The quantitative estimate of drug-likeness (QED) is 0.483. The van der Waals surface area contributed by atoms with Gasteiger partial charge in [0, 0.05) is 19.0 Å². The molecule has 0 saturated carbocycles. The SMILES string of the molecule is CCN(CS)C(C)COC. The maximum atomic E-state index is 5.01. The van der Waals surface area contributed by atoms with E-state index in [1.165, 1.54) is 0 Å². The summed E-state index contributed by atoms with van der Waals surface area (Å²) in [6, 6.07) is 0.479. The molecule has 0 aromatic heterocycles. The van der Waals surface area contributed by atoms with Gasteiger partial charge < -0.3 is 4.74 Å². The second-order valence-corrected chi connectivity index (χ2v) is 2.63. The summed E-state index contributed by atoms with van der Waals surface area (Å²) in [5.74, 6) is 0.807. The fraction of sp³-hybridized carbons (Fsp3) is 1.00. The Hall–Kier alpha value is 0.270. The van der Waals surface area contributed by atoms with Crippen LogP contribution in [0, 0.1) is 0 Å². The van der Waals surface area contributed by atoms with Gasteiger partial charge in [-0.05, 0) is 13.5 Å². The molecule has 0 radical (unpaired) electrons. The third-order valence-electron chi connectivity index (χ3n) is 1.62. The number of rotatable bonds is 5. The summed E-state index contributed by atoms with van der Waals surface area (Å²) in [6.07, 6.45) is 0. The third-order valence-corrected chi connectivity index (χ3v) is 1.98. The largest absolute Gasteiger partial charge is 0.383 e. The molecule has 1 atom stereocenters. The van der Waals surface area contributed by atoms with E-state index in [9.17, 15) is 0 Å². The molecule has 0 aromatic carbocycles. The van der Waals surface area contributed by atoms with E-state index in [0.29, 0.717) is 6.04 Å². The molecule has 0 spiro atoms. The molecule has 0 aliphatic rings. The van der Waals surface area contributed by atoms with Crippen LogP contribution in [-0.2, 0) is 4.74 Å². The lowest BCUT2D eigenvalue weighted by Gasteiger charge is -2.24. The molecule has 0 heterocycles. The highest BCUT2D eigenvalue weighted by Gasteiger charge is 2.08. The summed E-state index contributed by atoms with van der Waals surface area (Å²) >= 11 is 4.20.